The molecule has 0 heterocycles. The number of hydrogen-bond donors (Lipinski definition) is 3. The van der Waals surface area contributed by atoms with Crippen molar-refractivity contribution in [3.8, 4) is 59.3 Å². The normalized spacial score (nSPS) is 8.76. The molecule has 0 aliphatic rings. The van der Waals surface area contributed by atoms with Gasteiger partial charge in [0.25, 0.3) is 5.69 Å². The number of hydrogen-bond acceptors (Lipinski definition) is 5. The Balaban J connectivity index is 0.000000730. The molecule has 0 aliphatic heterocycles. The number of nitrogens with zero attached hydrogens (tertiary/aromatic N) is 1. The zero-order valence-electron chi connectivity index (χ0n) is 21.1. The number of carbonyl (C=O) groups is 3. The Morgan fingerprint density at radius 2 is 1.57 bits per heavy atom. The Bertz CT molecular complexity index is 1280. The van der Waals surface area contributed by atoms with E-state index in [9.17, 15) is 24.5 Å². The summed E-state index contributed by atoms with van der Waals surface area (Å²) in [7, 11) is 0. The summed E-state index contributed by atoms with van der Waals surface area (Å²) >= 11 is 0. The number of nitro groups is 1. The highest BCUT2D eigenvalue weighted by molar-refractivity contribution is 5.86. The van der Waals surface area contributed by atoms with Crippen molar-refractivity contribution in [2.75, 3.05) is 0 Å². The minimum Gasteiger partial charge on any atom is -0.350 e. The summed E-state index contributed by atoms with van der Waals surface area (Å²) in [5, 5.41) is 18.4. The van der Waals surface area contributed by atoms with Gasteiger partial charge in [0.15, 0.2) is 0 Å². The molecule has 9 nitrogen and oxygen atoms in total. The number of nitro benzene ring substituents is 1. The molecule has 0 bridgehead atoms. The molecule has 0 spiro atoms. The first kappa shape index (κ1) is 31.7. The van der Waals surface area contributed by atoms with Crippen LogP contribution in [-0.2, 0) is 20.9 Å². The summed E-state index contributed by atoms with van der Waals surface area (Å²) in [4.78, 5) is 43.9. The molecular formula is C28H27N4O5-. The highest BCUT2D eigenvalue weighted by atomic mass is 16.6. The zero-order chi connectivity index (χ0) is 27.9. The fourth-order valence-electron chi connectivity index (χ4n) is 2.39. The van der Waals surface area contributed by atoms with Crippen molar-refractivity contribution < 1.29 is 19.3 Å². The predicted octanol–water partition coefficient (Wildman–Crippen LogP) is 1.84. The van der Waals surface area contributed by atoms with Gasteiger partial charge in [-0.15, -0.1) is 12.8 Å². The van der Waals surface area contributed by atoms with Crippen LogP contribution in [0.5, 0.6) is 0 Å². The van der Waals surface area contributed by atoms with Gasteiger partial charge in [0.1, 0.15) is 6.04 Å². The van der Waals surface area contributed by atoms with Gasteiger partial charge in [-0.05, 0) is 24.2 Å². The standard InChI is InChI=1S/C14H19N3O4.C14H8NO/c1-3-6-12(16-10(2)18)14(19)15-9-11-7-4-5-8-13(11)17(20)21;1-3-4-5-6-7-8-9-10-11-12-13-15-14(2)16/h4-5,7-8,12H,3,6,9H2,1-2H3,(H,15,19)(H,16,18);3H,1-2H3,(H,15,16)/q;-1. The van der Waals surface area contributed by atoms with Crippen LogP contribution in [-0.4, -0.2) is 28.7 Å². The van der Waals surface area contributed by atoms with Crippen molar-refractivity contribution in [2.24, 2.45) is 0 Å². The van der Waals surface area contributed by atoms with Crippen molar-refractivity contribution in [2.45, 2.75) is 53.1 Å². The third-order valence-electron chi connectivity index (χ3n) is 3.87. The topological polar surface area (TPSA) is 130 Å². The monoisotopic (exact) mass is 499 g/mol. The van der Waals surface area contributed by atoms with Gasteiger partial charge in [-0.25, -0.2) is 5.92 Å². The maximum absolute atomic E-state index is 12.0. The van der Waals surface area contributed by atoms with E-state index in [2.05, 4.69) is 75.3 Å². The van der Waals surface area contributed by atoms with E-state index < -0.39 is 11.0 Å². The molecule has 1 aromatic carbocycles. The third-order valence-corrected chi connectivity index (χ3v) is 3.87. The molecule has 0 radical (unpaired) electrons. The molecule has 0 saturated heterocycles. The second kappa shape index (κ2) is 20.1. The minimum atomic E-state index is -0.615. The van der Waals surface area contributed by atoms with Crippen LogP contribution in [0.25, 0.3) is 0 Å². The molecule has 1 aromatic rings. The molecule has 3 amide bonds. The van der Waals surface area contributed by atoms with Crippen LogP contribution >= 0.6 is 0 Å². The first-order valence-electron chi connectivity index (χ1n) is 11.0. The SMILES string of the molecule is CCCC(NC(C)=O)C(=O)NCc1ccccc1[N+](=O)[O-].C[CH-]C#CC#CC#CC#CC#CNC(C)=O. The highest BCUT2D eigenvalue weighted by Gasteiger charge is 2.19. The second-order valence-corrected chi connectivity index (χ2v) is 6.88. The van der Waals surface area contributed by atoms with Gasteiger partial charge in [-0.1, -0.05) is 31.5 Å². The quantitative estimate of drug-likeness (QED) is 0.173. The van der Waals surface area contributed by atoms with E-state index in [1.54, 1.807) is 24.6 Å². The molecule has 3 N–H and O–H groups in total. The van der Waals surface area contributed by atoms with Crippen LogP contribution in [0.1, 0.15) is 46.1 Å². The average Bonchev–Trinajstić information content (AvgIpc) is 2.85. The molecule has 1 rings (SSSR count). The van der Waals surface area contributed by atoms with E-state index in [4.69, 9.17) is 0 Å². The summed E-state index contributed by atoms with van der Waals surface area (Å²) in [6.45, 7) is 6.49. The van der Waals surface area contributed by atoms with Crippen molar-refractivity contribution in [3.63, 3.8) is 0 Å². The summed E-state index contributed by atoms with van der Waals surface area (Å²) < 4.78 is 0. The average molecular weight is 500 g/mol. The van der Waals surface area contributed by atoms with E-state index in [0.717, 1.165) is 6.42 Å². The van der Waals surface area contributed by atoms with Crippen LogP contribution in [0, 0.1) is 75.9 Å². The van der Waals surface area contributed by atoms with Crippen LogP contribution in [0.4, 0.5) is 5.69 Å². The molecular weight excluding hydrogens is 472 g/mol. The summed E-state index contributed by atoms with van der Waals surface area (Å²) in [5.74, 6) is 21.7. The Morgan fingerprint density at radius 1 is 0.973 bits per heavy atom. The number of para-hydroxylation sites is 1. The van der Waals surface area contributed by atoms with Crippen molar-refractivity contribution in [1.82, 2.24) is 16.0 Å². The number of rotatable bonds is 7. The maximum atomic E-state index is 12.0. The number of benzene rings is 1. The Labute approximate surface area is 217 Å². The fraction of sp³-hybridized carbons (Fsp3) is 0.286. The van der Waals surface area contributed by atoms with Crippen LogP contribution in [0.15, 0.2) is 24.3 Å². The van der Waals surface area contributed by atoms with Crippen molar-refractivity contribution in [3.05, 3.63) is 46.4 Å². The van der Waals surface area contributed by atoms with Gasteiger partial charge in [0.2, 0.25) is 17.7 Å². The van der Waals surface area contributed by atoms with Crippen LogP contribution in [0.2, 0.25) is 0 Å². The van der Waals surface area contributed by atoms with E-state index in [-0.39, 0.29) is 30.0 Å². The number of nitrogens with one attached hydrogen (secondary N) is 3. The summed E-state index contributed by atoms with van der Waals surface area (Å²) in [6, 6.07) is 7.95. The van der Waals surface area contributed by atoms with Gasteiger partial charge < -0.3 is 10.6 Å². The molecule has 0 aromatic heterocycles. The molecule has 0 saturated carbocycles. The fourth-order valence-corrected chi connectivity index (χ4v) is 2.39. The molecule has 0 aliphatic carbocycles. The summed E-state index contributed by atoms with van der Waals surface area (Å²) in [6.07, 6.45) is 2.95. The lowest BCUT2D eigenvalue weighted by Crippen LogP contribution is -2.45. The summed E-state index contributed by atoms with van der Waals surface area (Å²) in [5.41, 5.74) is 0.387. The zero-order valence-corrected chi connectivity index (χ0v) is 21.1. The molecule has 37 heavy (non-hydrogen) atoms. The van der Waals surface area contributed by atoms with Gasteiger partial charge in [0, 0.05) is 55.8 Å². The lowest BCUT2D eigenvalue weighted by molar-refractivity contribution is -0.385. The largest absolute Gasteiger partial charge is 0.350 e. The second-order valence-electron chi connectivity index (χ2n) is 6.88. The Hall–Kier alpha value is -5.30. The number of carbonyl (C=O) groups excluding carboxylic acids is 3. The van der Waals surface area contributed by atoms with Gasteiger partial charge in [-0.3, -0.25) is 35.7 Å². The molecule has 190 valence electrons. The molecule has 0 fully saturated rings. The Kier molecular flexibility index (Phi) is 17.2. The first-order valence-corrected chi connectivity index (χ1v) is 11.0. The van der Waals surface area contributed by atoms with E-state index in [0.29, 0.717) is 12.0 Å². The van der Waals surface area contributed by atoms with Gasteiger partial charge >= 0.3 is 0 Å². The smallest absolute Gasteiger partial charge is 0.274 e. The third kappa shape index (κ3) is 16.9. The number of amides is 3. The lowest BCUT2D eigenvalue weighted by Gasteiger charge is -2.16. The Morgan fingerprint density at radius 3 is 2.11 bits per heavy atom. The van der Waals surface area contributed by atoms with Crippen molar-refractivity contribution >= 4 is 23.4 Å². The minimum absolute atomic E-state index is 0.0376. The lowest BCUT2D eigenvalue weighted by atomic mass is 10.1. The van der Waals surface area contributed by atoms with E-state index in [1.807, 2.05) is 13.8 Å². The predicted molar refractivity (Wildman–Crippen MR) is 140 cm³/mol. The molecule has 1 unspecified atom stereocenters. The molecule has 9 heteroatoms. The highest BCUT2D eigenvalue weighted by Crippen LogP contribution is 2.17. The van der Waals surface area contributed by atoms with E-state index >= 15 is 0 Å². The van der Waals surface area contributed by atoms with Crippen LogP contribution in [0.3, 0.4) is 0 Å². The van der Waals surface area contributed by atoms with E-state index in [1.165, 1.54) is 19.9 Å². The van der Waals surface area contributed by atoms with Gasteiger partial charge in [0.05, 0.1) is 4.92 Å². The maximum Gasteiger partial charge on any atom is 0.274 e. The molecule has 1 atom stereocenters. The first-order chi connectivity index (χ1) is 17.7. The van der Waals surface area contributed by atoms with Gasteiger partial charge in [-0.2, -0.15) is 6.42 Å². The van der Waals surface area contributed by atoms with Crippen LogP contribution < -0.4 is 16.0 Å². The van der Waals surface area contributed by atoms with Crippen molar-refractivity contribution in [1.29, 1.82) is 0 Å².